The summed E-state index contributed by atoms with van der Waals surface area (Å²) in [4.78, 5) is 23.0. The summed E-state index contributed by atoms with van der Waals surface area (Å²) in [5, 5.41) is 1.09. The fourth-order valence-corrected chi connectivity index (χ4v) is 3.87. The number of rotatable bonds is 5. The van der Waals surface area contributed by atoms with Crippen LogP contribution in [0.25, 0.3) is 10.9 Å². The van der Waals surface area contributed by atoms with E-state index < -0.39 is 0 Å². The molecule has 1 aromatic carbocycles. The van der Waals surface area contributed by atoms with E-state index in [0.717, 1.165) is 45.2 Å². The van der Waals surface area contributed by atoms with Crippen molar-refractivity contribution in [1.29, 1.82) is 0 Å². The Kier molecular flexibility index (Phi) is 5.08. The summed E-state index contributed by atoms with van der Waals surface area (Å²) in [5.41, 5.74) is 10.0. The number of aliphatic imine (C=N–C) groups is 1. The molecule has 0 spiro atoms. The van der Waals surface area contributed by atoms with E-state index >= 15 is 0 Å². The van der Waals surface area contributed by atoms with E-state index in [1.807, 2.05) is 24.0 Å². The summed E-state index contributed by atoms with van der Waals surface area (Å²) in [6.07, 6.45) is 2.02. The first-order valence-corrected chi connectivity index (χ1v) is 9.47. The van der Waals surface area contributed by atoms with Gasteiger partial charge in [0.15, 0.2) is 0 Å². The predicted molar refractivity (Wildman–Crippen MR) is 107 cm³/mol. The molecule has 2 heterocycles. The number of halogens is 1. The smallest absolute Gasteiger partial charge is 0.219 e. The lowest BCUT2D eigenvalue weighted by Gasteiger charge is -2.22. The van der Waals surface area contributed by atoms with Crippen LogP contribution in [0.2, 0.25) is 0 Å². The Morgan fingerprint density at radius 3 is 2.76 bits per heavy atom. The number of carbonyl (C=O) groups is 1. The summed E-state index contributed by atoms with van der Waals surface area (Å²) in [6.45, 7) is 6.97. The number of pyridine rings is 1. The van der Waals surface area contributed by atoms with Crippen molar-refractivity contribution in [1.82, 2.24) is 9.88 Å². The maximum absolute atomic E-state index is 11.8. The Balaban J connectivity index is 2.11. The van der Waals surface area contributed by atoms with Crippen molar-refractivity contribution in [2.45, 2.75) is 39.5 Å². The fraction of sp³-hybridized carbons (Fsp3) is 0.421. The highest BCUT2D eigenvalue weighted by atomic mass is 79.9. The summed E-state index contributed by atoms with van der Waals surface area (Å²) < 4.78 is 0.978. The minimum Gasteiger partial charge on any atom is -0.382 e. The molecule has 0 bridgehead atoms. The number of hydrogen-bond donors (Lipinski definition) is 1. The molecule has 6 heteroatoms. The van der Waals surface area contributed by atoms with E-state index in [4.69, 9.17) is 10.7 Å². The van der Waals surface area contributed by atoms with E-state index in [1.54, 1.807) is 6.92 Å². The predicted octanol–water partition coefficient (Wildman–Crippen LogP) is 4.42. The number of nitrogens with two attached hydrogens (primary N) is 1. The third-order valence-electron chi connectivity index (χ3n) is 4.75. The van der Waals surface area contributed by atoms with Gasteiger partial charge in [-0.05, 0) is 31.0 Å². The van der Waals surface area contributed by atoms with Gasteiger partial charge in [-0.25, -0.2) is 4.98 Å². The van der Waals surface area contributed by atoms with Crippen LogP contribution in [0.5, 0.6) is 0 Å². The van der Waals surface area contributed by atoms with Crippen molar-refractivity contribution in [3.63, 3.8) is 0 Å². The molecular weight excluding hydrogens is 380 g/mol. The number of amides is 1. The van der Waals surface area contributed by atoms with Crippen molar-refractivity contribution in [2.75, 3.05) is 18.8 Å². The van der Waals surface area contributed by atoms with Crippen LogP contribution in [-0.2, 0) is 4.79 Å². The molecule has 3 rings (SSSR count). The molecule has 5 nitrogen and oxygen atoms in total. The van der Waals surface area contributed by atoms with Crippen molar-refractivity contribution in [3.05, 3.63) is 28.2 Å². The van der Waals surface area contributed by atoms with Gasteiger partial charge in [0.05, 0.1) is 12.1 Å². The lowest BCUT2D eigenvalue weighted by molar-refractivity contribution is -0.127. The monoisotopic (exact) mass is 402 g/mol. The number of carbonyl (C=O) groups excluding carboxylic acids is 1. The first-order chi connectivity index (χ1) is 12.0. The highest BCUT2D eigenvalue weighted by Gasteiger charge is 2.32. The molecule has 1 aliphatic rings. The van der Waals surface area contributed by atoms with E-state index in [1.165, 1.54) is 0 Å². The molecule has 25 heavy (non-hydrogen) atoms. The van der Waals surface area contributed by atoms with Crippen LogP contribution in [0.15, 0.2) is 27.7 Å². The zero-order valence-electron chi connectivity index (χ0n) is 14.8. The molecule has 1 amide bonds. The molecule has 1 aliphatic heterocycles. The molecule has 1 aromatic heterocycles. The summed E-state index contributed by atoms with van der Waals surface area (Å²) >= 11 is 3.50. The molecule has 1 unspecified atom stereocenters. The Morgan fingerprint density at radius 1 is 1.36 bits per heavy atom. The highest BCUT2D eigenvalue weighted by molar-refractivity contribution is 9.10. The van der Waals surface area contributed by atoms with Gasteiger partial charge in [-0.2, -0.15) is 0 Å². The number of fused-ring (bicyclic) bond motifs is 3. The highest BCUT2D eigenvalue weighted by Crippen LogP contribution is 2.45. The number of nitrogens with zero attached hydrogens (tertiary/aromatic N) is 3. The van der Waals surface area contributed by atoms with Crippen LogP contribution < -0.4 is 5.73 Å². The first kappa shape index (κ1) is 17.9. The Bertz CT molecular complexity index is 862. The average Bonchev–Trinajstić information content (AvgIpc) is 2.92. The Hall–Kier alpha value is -1.95. The number of anilines is 1. The fourth-order valence-electron chi connectivity index (χ4n) is 3.52. The molecule has 0 saturated heterocycles. The SMILES string of the molecule is CCCC1C(CN(CC)C(C)=O)=Nc2c(N)nc3cc(Br)ccc3c21. The van der Waals surface area contributed by atoms with Gasteiger partial charge < -0.3 is 10.6 Å². The normalized spacial score (nSPS) is 16.0. The van der Waals surface area contributed by atoms with Crippen molar-refractivity contribution < 1.29 is 4.79 Å². The molecule has 0 fully saturated rings. The van der Waals surface area contributed by atoms with Gasteiger partial charge in [-0.3, -0.25) is 9.79 Å². The van der Waals surface area contributed by atoms with Gasteiger partial charge in [-0.1, -0.05) is 35.3 Å². The zero-order chi connectivity index (χ0) is 18.1. The second-order valence-electron chi connectivity index (χ2n) is 6.40. The molecule has 132 valence electrons. The second-order valence-corrected chi connectivity index (χ2v) is 7.31. The van der Waals surface area contributed by atoms with Crippen molar-refractivity contribution in [2.24, 2.45) is 4.99 Å². The minimum absolute atomic E-state index is 0.0660. The quantitative estimate of drug-likeness (QED) is 0.804. The first-order valence-electron chi connectivity index (χ1n) is 8.67. The van der Waals surface area contributed by atoms with Crippen molar-refractivity contribution in [3.8, 4) is 0 Å². The van der Waals surface area contributed by atoms with Crippen LogP contribution in [-0.4, -0.2) is 34.6 Å². The van der Waals surface area contributed by atoms with Crippen LogP contribution in [0.3, 0.4) is 0 Å². The van der Waals surface area contributed by atoms with Gasteiger partial charge in [0, 0.05) is 35.0 Å². The van der Waals surface area contributed by atoms with Crippen LogP contribution >= 0.6 is 15.9 Å². The lowest BCUT2D eigenvalue weighted by Crippen LogP contribution is -2.35. The van der Waals surface area contributed by atoms with Gasteiger partial charge in [0.25, 0.3) is 0 Å². The van der Waals surface area contributed by atoms with E-state index in [0.29, 0.717) is 18.9 Å². The minimum atomic E-state index is 0.0660. The zero-order valence-corrected chi connectivity index (χ0v) is 16.4. The van der Waals surface area contributed by atoms with Gasteiger partial charge in [0.1, 0.15) is 11.5 Å². The molecular formula is C19H23BrN4O. The van der Waals surface area contributed by atoms with Gasteiger partial charge in [0.2, 0.25) is 5.91 Å². The van der Waals surface area contributed by atoms with E-state index in [9.17, 15) is 4.79 Å². The molecule has 2 N–H and O–H groups in total. The summed E-state index contributed by atoms with van der Waals surface area (Å²) in [6, 6.07) is 6.09. The molecule has 0 radical (unpaired) electrons. The molecule has 2 aromatic rings. The van der Waals surface area contributed by atoms with Crippen LogP contribution in [0.4, 0.5) is 11.5 Å². The van der Waals surface area contributed by atoms with Crippen LogP contribution in [0.1, 0.15) is 45.1 Å². The maximum atomic E-state index is 11.8. The number of aromatic nitrogens is 1. The van der Waals surface area contributed by atoms with Crippen molar-refractivity contribution >= 4 is 50.0 Å². The third-order valence-corrected chi connectivity index (χ3v) is 5.25. The number of benzene rings is 1. The summed E-state index contributed by atoms with van der Waals surface area (Å²) in [7, 11) is 0. The van der Waals surface area contributed by atoms with Crippen LogP contribution in [0, 0.1) is 0 Å². The Morgan fingerprint density at radius 2 is 2.12 bits per heavy atom. The molecule has 0 aliphatic carbocycles. The maximum Gasteiger partial charge on any atom is 0.219 e. The van der Waals surface area contributed by atoms with E-state index in [2.05, 4.69) is 33.9 Å². The Labute approximate surface area is 156 Å². The number of nitrogen functional groups attached to an aromatic ring is 1. The van der Waals surface area contributed by atoms with Gasteiger partial charge >= 0.3 is 0 Å². The van der Waals surface area contributed by atoms with E-state index in [-0.39, 0.29) is 11.8 Å². The topological polar surface area (TPSA) is 71.6 Å². The standard InChI is InChI=1S/C19H23BrN4O/c1-4-6-13-16(10-24(5-2)11(3)25)22-18-17(13)14-8-7-12(20)9-15(14)23-19(18)21/h7-9,13H,4-6,10H2,1-3H3,(H2,21,23). The largest absolute Gasteiger partial charge is 0.382 e. The molecule has 0 saturated carbocycles. The lowest BCUT2D eigenvalue weighted by atomic mass is 9.88. The number of hydrogen-bond acceptors (Lipinski definition) is 4. The summed E-state index contributed by atoms with van der Waals surface area (Å²) in [5.74, 6) is 0.709. The average molecular weight is 403 g/mol. The molecule has 1 atom stereocenters. The second kappa shape index (κ2) is 7.12. The third kappa shape index (κ3) is 3.27. The van der Waals surface area contributed by atoms with Gasteiger partial charge in [-0.15, -0.1) is 0 Å².